The van der Waals surface area contributed by atoms with E-state index in [0.29, 0.717) is 6.42 Å². The van der Waals surface area contributed by atoms with Gasteiger partial charge in [-0.2, -0.15) is 0 Å². The maximum absolute atomic E-state index is 7.11. The molecule has 0 aliphatic carbocycles. The van der Waals surface area contributed by atoms with Gasteiger partial charge in [-0.05, 0) is 6.40 Å². The number of hydrogen-bond donors (Lipinski definition) is 0. The minimum absolute atomic E-state index is 0.129. The molecule has 2 unspecified atom stereocenters. The molecule has 0 spiro atoms. The van der Waals surface area contributed by atoms with E-state index in [2.05, 4.69) is 6.58 Å². The van der Waals surface area contributed by atoms with Crippen molar-refractivity contribution in [2.24, 2.45) is 0 Å². The van der Waals surface area contributed by atoms with E-state index < -0.39 is 0 Å². The molecule has 0 radical (unpaired) electrons. The van der Waals surface area contributed by atoms with Gasteiger partial charge in [-0.25, -0.2) is 0 Å². The van der Waals surface area contributed by atoms with E-state index in [9.17, 15) is 0 Å². The van der Waals surface area contributed by atoms with Crippen molar-refractivity contribution in [2.75, 3.05) is 0 Å². The fraction of sp³-hybridized carbons (Fsp3) is 0.667. The summed E-state index contributed by atoms with van der Waals surface area (Å²) < 4.78 is 14.2. The molecule has 0 amide bonds. The summed E-state index contributed by atoms with van der Waals surface area (Å²) in [5.41, 5.74) is 0. The molecule has 0 rings (SSSR count). The van der Waals surface area contributed by atoms with Crippen LogP contribution in [-0.2, 0) is 0 Å². The van der Waals surface area contributed by atoms with Gasteiger partial charge in [0.1, 0.15) is 0 Å². The summed E-state index contributed by atoms with van der Waals surface area (Å²) in [6.07, 6.45) is 1.78. The van der Waals surface area contributed by atoms with Crippen LogP contribution in [0.5, 0.6) is 0 Å². The lowest BCUT2D eigenvalue weighted by molar-refractivity contribution is 0.816. The van der Waals surface area contributed by atoms with Crippen LogP contribution >= 0.6 is 0 Å². The molecule has 36 valence electrons. The smallest absolute Gasteiger partial charge is 0.0310 e. The molecule has 0 aliphatic heterocycles. The Morgan fingerprint density at radius 1 is 2.00 bits per heavy atom. The van der Waals surface area contributed by atoms with Gasteiger partial charge in [0.25, 0.3) is 0 Å². The molecular weight excluding hydrogens is 72.1 g/mol. The van der Waals surface area contributed by atoms with Crippen LogP contribution in [0.4, 0.5) is 0 Å². The first-order chi connectivity index (χ1) is 3.66. The summed E-state index contributed by atoms with van der Waals surface area (Å²) >= 11 is 0. The van der Waals surface area contributed by atoms with Crippen molar-refractivity contribution in [3.8, 4) is 0 Å². The molecule has 0 nitrogen and oxygen atoms in total. The van der Waals surface area contributed by atoms with E-state index in [1.807, 2.05) is 0 Å². The minimum atomic E-state index is -0.248. The van der Waals surface area contributed by atoms with Crippen LogP contribution in [0.1, 0.15) is 28.9 Å². The minimum Gasteiger partial charge on any atom is -0.103 e. The highest BCUT2D eigenvalue weighted by atomic mass is 13.8. The van der Waals surface area contributed by atoms with Crippen LogP contribution in [0.3, 0.4) is 0 Å². The van der Waals surface area contributed by atoms with Crippen LogP contribution < -0.4 is 0 Å². The van der Waals surface area contributed by atoms with E-state index in [4.69, 9.17) is 2.74 Å². The Balaban J connectivity index is 3.23. The number of allylic oxidation sites excluding steroid dienone is 1. The van der Waals surface area contributed by atoms with Gasteiger partial charge in [-0.3, -0.25) is 0 Å². The zero-order chi connectivity index (χ0) is 6.57. The van der Waals surface area contributed by atoms with Gasteiger partial charge < -0.3 is 0 Å². The van der Waals surface area contributed by atoms with Crippen LogP contribution in [0.2, 0.25) is 0 Å². The third-order valence-electron chi connectivity index (χ3n) is 0.538. The van der Waals surface area contributed by atoms with Crippen LogP contribution in [0.15, 0.2) is 12.7 Å². The normalized spacial score (nSPS) is 23.5. The zero-order valence-corrected chi connectivity index (χ0v) is 4.15. The van der Waals surface area contributed by atoms with Gasteiger partial charge in [0.05, 0.1) is 0 Å². The zero-order valence-electron chi connectivity index (χ0n) is 6.15. The van der Waals surface area contributed by atoms with Crippen molar-refractivity contribution in [1.82, 2.24) is 0 Å². The second kappa shape index (κ2) is 4.74. The molecule has 0 heteroatoms. The largest absolute Gasteiger partial charge is 0.103 e. The van der Waals surface area contributed by atoms with Gasteiger partial charge in [0, 0.05) is 2.74 Å². The predicted molar refractivity (Wildman–Crippen MR) is 29.7 cm³/mol. The molecule has 0 bridgehead atoms. The lowest BCUT2D eigenvalue weighted by Crippen LogP contribution is -1.61. The Morgan fingerprint density at radius 2 is 2.67 bits per heavy atom. The molecule has 0 saturated heterocycles. The quantitative estimate of drug-likeness (QED) is 0.462. The summed E-state index contributed by atoms with van der Waals surface area (Å²) in [5.74, 6) is 0. The van der Waals surface area contributed by atoms with Crippen LogP contribution in [0.25, 0.3) is 0 Å². The van der Waals surface area contributed by atoms with Crippen molar-refractivity contribution in [2.45, 2.75) is 26.1 Å². The van der Waals surface area contributed by atoms with Gasteiger partial charge in [-0.1, -0.05) is 25.8 Å². The van der Waals surface area contributed by atoms with Crippen molar-refractivity contribution >= 4 is 0 Å². The second-order valence-corrected chi connectivity index (χ2v) is 1.12. The fourth-order valence-electron chi connectivity index (χ4n) is 0.232. The van der Waals surface area contributed by atoms with E-state index in [0.717, 1.165) is 0 Å². The van der Waals surface area contributed by atoms with Gasteiger partial charge in [0.15, 0.2) is 0 Å². The molecule has 0 aromatic carbocycles. The van der Waals surface area contributed by atoms with E-state index in [1.165, 1.54) is 0 Å². The number of hydrogen-bond acceptors (Lipinski definition) is 0. The first kappa shape index (κ1) is 2.84. The van der Waals surface area contributed by atoms with Crippen LogP contribution in [-0.4, -0.2) is 0 Å². The molecular formula is C6H12. The van der Waals surface area contributed by atoms with E-state index in [-0.39, 0.29) is 12.8 Å². The van der Waals surface area contributed by atoms with Crippen molar-refractivity contribution < 1.29 is 2.74 Å². The Kier molecular flexibility index (Phi) is 2.24. The highest BCUT2D eigenvalue weighted by molar-refractivity contribution is 4.64. The first-order valence-electron chi connectivity index (χ1n) is 3.29. The summed E-state index contributed by atoms with van der Waals surface area (Å²) in [4.78, 5) is 0. The van der Waals surface area contributed by atoms with Crippen molar-refractivity contribution in [1.29, 1.82) is 0 Å². The Labute approximate surface area is 42.7 Å². The monoisotopic (exact) mass is 86.1 g/mol. The topological polar surface area (TPSA) is 0 Å². The Morgan fingerprint density at radius 3 is 2.83 bits per heavy atom. The molecule has 0 aromatic heterocycles. The average Bonchev–Trinajstić information content (AvgIpc) is 1.65. The molecule has 2 atom stereocenters. The summed E-state index contributed by atoms with van der Waals surface area (Å²) in [6, 6.07) is 0. The molecule has 0 N–H and O–H groups in total. The predicted octanol–water partition coefficient (Wildman–Crippen LogP) is 2.36. The lowest BCUT2D eigenvalue weighted by atomic mass is 10.3. The van der Waals surface area contributed by atoms with E-state index in [1.54, 1.807) is 13.0 Å². The molecule has 0 saturated carbocycles. The Hall–Kier alpha value is -0.260. The lowest BCUT2D eigenvalue weighted by Gasteiger charge is -1.81. The first-order valence-corrected chi connectivity index (χ1v) is 2.14. The second-order valence-electron chi connectivity index (χ2n) is 1.12. The molecule has 0 aliphatic rings. The molecule has 0 aromatic rings. The number of rotatable bonds is 3. The molecule has 6 heavy (non-hydrogen) atoms. The third kappa shape index (κ3) is 3.74. The average molecular weight is 86.2 g/mol. The summed E-state index contributed by atoms with van der Waals surface area (Å²) in [6.45, 7) is 5.23. The standard InChI is InChI=1S/C6H12/c1-3-5-6-4-2/h3H,1,4-6H2,2H3/i4D,5D. The molecule has 0 heterocycles. The maximum Gasteiger partial charge on any atom is 0.0310 e. The SMILES string of the molecule is [2H]C(C)CC([2H])C=C. The highest BCUT2D eigenvalue weighted by Crippen LogP contribution is 1.91. The van der Waals surface area contributed by atoms with Gasteiger partial charge >= 0.3 is 0 Å². The van der Waals surface area contributed by atoms with Crippen LogP contribution in [0, 0.1) is 0 Å². The highest BCUT2D eigenvalue weighted by Gasteiger charge is 1.71. The van der Waals surface area contributed by atoms with Crippen molar-refractivity contribution in [3.05, 3.63) is 12.7 Å². The maximum atomic E-state index is 7.11. The van der Waals surface area contributed by atoms with Gasteiger partial charge in [-0.15, -0.1) is 6.58 Å². The fourth-order valence-corrected chi connectivity index (χ4v) is 0.232. The Bertz CT molecular complexity index is 68.9. The van der Waals surface area contributed by atoms with E-state index >= 15 is 0 Å². The molecule has 0 fully saturated rings. The van der Waals surface area contributed by atoms with Gasteiger partial charge in [0.2, 0.25) is 0 Å². The third-order valence-corrected chi connectivity index (χ3v) is 0.538. The van der Waals surface area contributed by atoms with Crippen molar-refractivity contribution in [3.63, 3.8) is 0 Å². The summed E-state index contributed by atoms with van der Waals surface area (Å²) in [7, 11) is 0. The summed E-state index contributed by atoms with van der Waals surface area (Å²) in [5, 5.41) is 0.